The number of fused-ring (bicyclic) bond motifs is 1. The second kappa shape index (κ2) is 7.18. The Balaban J connectivity index is 2.00. The molecule has 1 unspecified atom stereocenters. The standard InChI is InChI=1S/C21H26N2O/c1-3-21(17-11-6-5-7-12-17)18-13-8-9-14-19(18)23(20(21)24)16-10-15-22-4-2/h5-9,11-14,22H,3-4,10,15-16H2,1-2H3. The molecule has 0 bridgehead atoms. The van der Waals surface area contributed by atoms with Crippen LogP contribution in [0.4, 0.5) is 5.69 Å². The highest BCUT2D eigenvalue weighted by Gasteiger charge is 2.50. The number of amides is 1. The van der Waals surface area contributed by atoms with Gasteiger partial charge in [0.15, 0.2) is 0 Å². The van der Waals surface area contributed by atoms with Crippen LogP contribution in [0.3, 0.4) is 0 Å². The Morgan fingerprint density at radius 3 is 2.42 bits per heavy atom. The van der Waals surface area contributed by atoms with Gasteiger partial charge in [-0.25, -0.2) is 0 Å². The van der Waals surface area contributed by atoms with E-state index in [0.29, 0.717) is 0 Å². The number of rotatable bonds is 7. The average Bonchev–Trinajstić information content (AvgIpc) is 2.88. The smallest absolute Gasteiger partial charge is 0.242 e. The van der Waals surface area contributed by atoms with Crippen LogP contribution in [0.5, 0.6) is 0 Å². The highest BCUT2D eigenvalue weighted by molar-refractivity contribution is 6.10. The van der Waals surface area contributed by atoms with Crippen LogP contribution >= 0.6 is 0 Å². The van der Waals surface area contributed by atoms with Gasteiger partial charge in [-0.3, -0.25) is 4.79 Å². The SMILES string of the molecule is CCNCCCN1C(=O)C(CC)(c2ccccc2)c2ccccc21. The number of hydrogen-bond acceptors (Lipinski definition) is 2. The zero-order valence-corrected chi connectivity index (χ0v) is 14.6. The lowest BCUT2D eigenvalue weighted by molar-refractivity contribution is -0.122. The molecule has 0 saturated carbocycles. The monoisotopic (exact) mass is 322 g/mol. The Morgan fingerprint density at radius 2 is 1.71 bits per heavy atom. The lowest BCUT2D eigenvalue weighted by Crippen LogP contribution is -2.41. The quantitative estimate of drug-likeness (QED) is 0.788. The van der Waals surface area contributed by atoms with E-state index in [-0.39, 0.29) is 5.91 Å². The summed E-state index contributed by atoms with van der Waals surface area (Å²) in [5.74, 6) is 0.217. The lowest BCUT2D eigenvalue weighted by Gasteiger charge is -2.28. The van der Waals surface area contributed by atoms with Crippen LogP contribution in [0, 0.1) is 0 Å². The highest BCUT2D eigenvalue weighted by atomic mass is 16.2. The fourth-order valence-corrected chi connectivity index (χ4v) is 3.83. The molecule has 3 rings (SSSR count). The summed E-state index contributed by atoms with van der Waals surface area (Å²) in [6, 6.07) is 18.5. The normalized spacial score (nSPS) is 19.6. The van der Waals surface area contributed by atoms with E-state index >= 15 is 0 Å². The first-order valence-corrected chi connectivity index (χ1v) is 8.93. The number of carbonyl (C=O) groups excluding carboxylic acids is 1. The van der Waals surface area contributed by atoms with E-state index in [1.807, 2.05) is 35.2 Å². The van der Waals surface area contributed by atoms with Crippen LogP contribution in [0.1, 0.15) is 37.8 Å². The summed E-state index contributed by atoms with van der Waals surface area (Å²) in [5, 5.41) is 3.34. The first-order chi connectivity index (χ1) is 11.8. The van der Waals surface area contributed by atoms with Gasteiger partial charge in [-0.05, 0) is 43.1 Å². The molecule has 2 aromatic carbocycles. The van der Waals surface area contributed by atoms with Crippen LogP contribution in [-0.4, -0.2) is 25.5 Å². The van der Waals surface area contributed by atoms with Gasteiger partial charge in [0.25, 0.3) is 0 Å². The first kappa shape index (κ1) is 16.7. The highest BCUT2D eigenvalue weighted by Crippen LogP contribution is 2.48. The van der Waals surface area contributed by atoms with Crippen LogP contribution in [0.25, 0.3) is 0 Å². The second-order valence-corrected chi connectivity index (χ2v) is 6.31. The number of nitrogens with zero attached hydrogens (tertiary/aromatic N) is 1. The lowest BCUT2D eigenvalue weighted by atomic mass is 9.73. The van der Waals surface area contributed by atoms with Gasteiger partial charge in [0, 0.05) is 12.2 Å². The molecule has 3 heteroatoms. The molecular formula is C21H26N2O. The maximum atomic E-state index is 13.5. The van der Waals surface area contributed by atoms with Gasteiger partial charge in [0.1, 0.15) is 5.41 Å². The Kier molecular flexibility index (Phi) is 5.00. The molecule has 0 saturated heterocycles. The molecule has 0 aliphatic carbocycles. The number of hydrogen-bond donors (Lipinski definition) is 1. The number of benzene rings is 2. The molecule has 1 aliphatic heterocycles. The van der Waals surface area contributed by atoms with E-state index in [1.165, 1.54) is 0 Å². The summed E-state index contributed by atoms with van der Waals surface area (Å²) in [6.45, 7) is 6.88. The summed E-state index contributed by atoms with van der Waals surface area (Å²) in [5.41, 5.74) is 2.77. The Bertz CT molecular complexity index is 698. The zero-order valence-electron chi connectivity index (χ0n) is 14.6. The van der Waals surface area contributed by atoms with E-state index in [4.69, 9.17) is 0 Å². The van der Waals surface area contributed by atoms with Gasteiger partial charge in [0.05, 0.1) is 0 Å². The van der Waals surface area contributed by atoms with Crippen molar-refractivity contribution in [2.24, 2.45) is 0 Å². The molecular weight excluding hydrogens is 296 g/mol. The summed E-state index contributed by atoms with van der Waals surface area (Å²) >= 11 is 0. The van der Waals surface area contributed by atoms with E-state index < -0.39 is 5.41 Å². The van der Waals surface area contributed by atoms with Crippen molar-refractivity contribution >= 4 is 11.6 Å². The molecule has 1 aliphatic rings. The van der Waals surface area contributed by atoms with Crippen molar-refractivity contribution in [2.75, 3.05) is 24.5 Å². The van der Waals surface area contributed by atoms with Crippen molar-refractivity contribution in [2.45, 2.75) is 32.1 Å². The van der Waals surface area contributed by atoms with Gasteiger partial charge in [-0.2, -0.15) is 0 Å². The summed E-state index contributed by atoms with van der Waals surface area (Å²) in [6.07, 6.45) is 1.74. The first-order valence-electron chi connectivity index (χ1n) is 8.93. The van der Waals surface area contributed by atoms with Gasteiger partial charge in [-0.1, -0.05) is 62.4 Å². The van der Waals surface area contributed by atoms with Crippen LogP contribution < -0.4 is 10.2 Å². The van der Waals surface area contributed by atoms with E-state index in [1.54, 1.807) is 0 Å². The number of anilines is 1. The van der Waals surface area contributed by atoms with Gasteiger partial charge >= 0.3 is 0 Å². The van der Waals surface area contributed by atoms with Crippen molar-refractivity contribution in [3.63, 3.8) is 0 Å². The molecule has 0 fully saturated rings. The van der Waals surface area contributed by atoms with Crippen LogP contribution in [-0.2, 0) is 10.2 Å². The maximum Gasteiger partial charge on any atom is 0.242 e. The van der Waals surface area contributed by atoms with Crippen LogP contribution in [0.15, 0.2) is 54.6 Å². The van der Waals surface area contributed by atoms with Gasteiger partial charge < -0.3 is 10.2 Å². The van der Waals surface area contributed by atoms with E-state index in [9.17, 15) is 4.79 Å². The molecule has 0 spiro atoms. The molecule has 0 radical (unpaired) electrons. The molecule has 3 nitrogen and oxygen atoms in total. The fraction of sp³-hybridized carbons (Fsp3) is 0.381. The van der Waals surface area contributed by atoms with Crippen molar-refractivity contribution in [3.05, 3.63) is 65.7 Å². The minimum Gasteiger partial charge on any atom is -0.317 e. The zero-order chi connectivity index (χ0) is 17.0. The molecule has 1 amide bonds. The summed E-state index contributed by atoms with van der Waals surface area (Å²) in [7, 11) is 0. The van der Waals surface area contributed by atoms with Crippen molar-refractivity contribution in [3.8, 4) is 0 Å². The van der Waals surface area contributed by atoms with E-state index in [2.05, 4.69) is 43.4 Å². The second-order valence-electron chi connectivity index (χ2n) is 6.31. The molecule has 1 N–H and O–H groups in total. The third-order valence-corrected chi connectivity index (χ3v) is 5.05. The van der Waals surface area contributed by atoms with Crippen molar-refractivity contribution in [1.82, 2.24) is 5.32 Å². The predicted octanol–water partition coefficient (Wildman–Crippen LogP) is 3.73. The molecule has 0 aromatic heterocycles. The molecule has 24 heavy (non-hydrogen) atoms. The molecule has 2 aromatic rings. The van der Waals surface area contributed by atoms with Crippen LogP contribution in [0.2, 0.25) is 0 Å². The van der Waals surface area contributed by atoms with Crippen molar-refractivity contribution in [1.29, 1.82) is 0 Å². The Morgan fingerprint density at radius 1 is 1.00 bits per heavy atom. The fourth-order valence-electron chi connectivity index (χ4n) is 3.83. The Labute approximate surface area is 144 Å². The molecule has 126 valence electrons. The van der Waals surface area contributed by atoms with Gasteiger partial charge in [0.2, 0.25) is 5.91 Å². The summed E-state index contributed by atoms with van der Waals surface area (Å²) in [4.78, 5) is 15.5. The third kappa shape index (κ3) is 2.63. The maximum absolute atomic E-state index is 13.5. The molecule has 1 atom stereocenters. The number of para-hydroxylation sites is 1. The minimum atomic E-state index is -0.546. The minimum absolute atomic E-state index is 0.217. The predicted molar refractivity (Wildman–Crippen MR) is 99.5 cm³/mol. The Hall–Kier alpha value is -2.13. The topological polar surface area (TPSA) is 32.3 Å². The van der Waals surface area contributed by atoms with Gasteiger partial charge in [-0.15, -0.1) is 0 Å². The largest absolute Gasteiger partial charge is 0.317 e. The third-order valence-electron chi connectivity index (χ3n) is 5.05. The number of nitrogens with one attached hydrogen (secondary N) is 1. The average molecular weight is 322 g/mol. The van der Waals surface area contributed by atoms with Crippen molar-refractivity contribution < 1.29 is 4.79 Å². The number of carbonyl (C=O) groups is 1. The van der Waals surface area contributed by atoms with E-state index in [0.717, 1.165) is 49.3 Å². The summed E-state index contributed by atoms with van der Waals surface area (Å²) < 4.78 is 0. The molecule has 1 heterocycles.